The van der Waals surface area contributed by atoms with Crippen LogP contribution >= 0.6 is 0 Å². The average molecular weight is 413 g/mol. The van der Waals surface area contributed by atoms with Crippen molar-refractivity contribution >= 4 is 17.7 Å². The van der Waals surface area contributed by atoms with E-state index in [2.05, 4.69) is 15.5 Å². The highest BCUT2D eigenvalue weighted by molar-refractivity contribution is 6.19. The zero-order chi connectivity index (χ0) is 21.9. The molecule has 0 radical (unpaired) electrons. The van der Waals surface area contributed by atoms with Crippen molar-refractivity contribution in [2.24, 2.45) is 11.1 Å². The Balaban J connectivity index is 1.99. The van der Waals surface area contributed by atoms with Gasteiger partial charge in [-0.25, -0.2) is 4.39 Å². The first-order chi connectivity index (χ1) is 14.3. The monoisotopic (exact) mass is 413 g/mol. The molecule has 0 saturated carbocycles. The van der Waals surface area contributed by atoms with Gasteiger partial charge in [0.25, 0.3) is 11.8 Å². The second kappa shape index (κ2) is 8.48. The molecule has 3 amide bonds. The molecule has 1 aliphatic heterocycles. The number of likely N-dealkylation sites (N-methyl/N-ethyl adjacent to an activating group) is 1. The van der Waals surface area contributed by atoms with Crippen LogP contribution < -0.4 is 11.1 Å². The molecule has 9 heteroatoms. The predicted molar refractivity (Wildman–Crippen MR) is 107 cm³/mol. The summed E-state index contributed by atoms with van der Waals surface area (Å²) in [5, 5.41) is 9.01. The summed E-state index contributed by atoms with van der Waals surface area (Å²) in [6, 6.07) is 4.90. The first kappa shape index (κ1) is 21.2. The highest BCUT2D eigenvalue weighted by atomic mass is 19.1. The molecule has 0 fully saturated rings. The van der Waals surface area contributed by atoms with Crippen LogP contribution in [0.1, 0.15) is 23.1 Å². The summed E-state index contributed by atoms with van der Waals surface area (Å²) in [4.78, 5) is 39.2. The van der Waals surface area contributed by atoms with Crippen LogP contribution in [0.3, 0.4) is 0 Å². The number of rotatable bonds is 7. The molecule has 2 heterocycles. The molecule has 2 aromatic rings. The number of aryl methyl sites for hydroxylation is 2. The number of H-pyrrole nitrogens is 1. The molecule has 8 nitrogen and oxygen atoms in total. The van der Waals surface area contributed by atoms with E-state index in [1.807, 2.05) is 0 Å². The van der Waals surface area contributed by atoms with Crippen molar-refractivity contribution in [2.45, 2.75) is 26.3 Å². The molecule has 0 spiro atoms. The number of carbonyl (C=O) groups excluding carboxylic acids is 3. The molecule has 3 rings (SSSR count). The van der Waals surface area contributed by atoms with Crippen LogP contribution in [-0.2, 0) is 27.3 Å². The number of benzene rings is 1. The molecule has 0 bridgehead atoms. The highest BCUT2D eigenvalue weighted by Crippen LogP contribution is 2.34. The lowest BCUT2D eigenvalue weighted by molar-refractivity contribution is -0.136. The maximum atomic E-state index is 14.6. The molecule has 1 aromatic carbocycles. The number of aromatic nitrogens is 2. The van der Waals surface area contributed by atoms with Gasteiger partial charge in [0.2, 0.25) is 5.91 Å². The molecule has 1 unspecified atom stereocenters. The van der Waals surface area contributed by atoms with Gasteiger partial charge in [-0.2, -0.15) is 5.10 Å². The number of nitrogens with zero attached hydrogens (tertiary/aromatic N) is 2. The van der Waals surface area contributed by atoms with Crippen LogP contribution in [0.5, 0.6) is 0 Å². The first-order valence-corrected chi connectivity index (χ1v) is 9.53. The molecule has 1 aliphatic rings. The van der Waals surface area contributed by atoms with E-state index < -0.39 is 29.0 Å². The SMILES string of the molecule is CNC(=O)C1=CC(CCc2cn[nH]c2)(C(N)=O)CN(Cc2cccc(C)c2F)C1=O. The van der Waals surface area contributed by atoms with E-state index >= 15 is 0 Å². The van der Waals surface area contributed by atoms with Crippen LogP contribution in [0, 0.1) is 18.2 Å². The minimum absolute atomic E-state index is 0.0487. The van der Waals surface area contributed by atoms with Gasteiger partial charge in [0.1, 0.15) is 11.4 Å². The van der Waals surface area contributed by atoms with Crippen LogP contribution in [-0.4, -0.2) is 46.4 Å². The summed E-state index contributed by atoms with van der Waals surface area (Å²) in [6.45, 7) is 1.50. The second-order valence-corrected chi connectivity index (χ2v) is 7.47. The largest absolute Gasteiger partial charge is 0.369 e. The van der Waals surface area contributed by atoms with E-state index in [9.17, 15) is 18.8 Å². The average Bonchev–Trinajstić information content (AvgIpc) is 3.25. The number of hydrogen-bond donors (Lipinski definition) is 3. The smallest absolute Gasteiger partial charge is 0.259 e. The van der Waals surface area contributed by atoms with E-state index in [-0.39, 0.29) is 25.1 Å². The summed E-state index contributed by atoms with van der Waals surface area (Å²) in [5.74, 6) is -2.28. The Morgan fingerprint density at radius 1 is 1.40 bits per heavy atom. The molecule has 1 atom stereocenters. The Hall–Kier alpha value is -3.49. The maximum Gasteiger partial charge on any atom is 0.259 e. The van der Waals surface area contributed by atoms with Gasteiger partial charge < -0.3 is 16.0 Å². The number of nitrogens with two attached hydrogens (primary N) is 1. The number of aromatic amines is 1. The fraction of sp³-hybridized carbons (Fsp3) is 0.333. The fourth-order valence-corrected chi connectivity index (χ4v) is 3.63. The number of amides is 3. The van der Waals surface area contributed by atoms with Gasteiger partial charge in [-0.1, -0.05) is 18.2 Å². The summed E-state index contributed by atoms with van der Waals surface area (Å²) < 4.78 is 14.6. The van der Waals surface area contributed by atoms with E-state index in [1.165, 1.54) is 18.0 Å². The van der Waals surface area contributed by atoms with Crippen molar-refractivity contribution in [3.8, 4) is 0 Å². The molecule has 1 aromatic heterocycles. The predicted octanol–water partition coefficient (Wildman–Crippen LogP) is 0.976. The van der Waals surface area contributed by atoms with E-state index in [4.69, 9.17) is 5.73 Å². The lowest BCUT2D eigenvalue weighted by Crippen LogP contribution is -2.53. The van der Waals surface area contributed by atoms with Gasteiger partial charge in [0, 0.05) is 31.9 Å². The van der Waals surface area contributed by atoms with Gasteiger partial charge in [-0.3, -0.25) is 19.5 Å². The van der Waals surface area contributed by atoms with Gasteiger partial charge in [-0.15, -0.1) is 0 Å². The zero-order valence-corrected chi connectivity index (χ0v) is 16.9. The van der Waals surface area contributed by atoms with Crippen molar-refractivity contribution < 1.29 is 18.8 Å². The Kier molecular flexibility index (Phi) is 6.00. The van der Waals surface area contributed by atoms with E-state index in [0.717, 1.165) is 5.56 Å². The number of halogens is 1. The van der Waals surface area contributed by atoms with Gasteiger partial charge >= 0.3 is 0 Å². The molecule has 4 N–H and O–H groups in total. The normalized spacial score (nSPS) is 18.8. The molecule has 158 valence electrons. The third-order valence-electron chi connectivity index (χ3n) is 5.42. The fourth-order valence-electron chi connectivity index (χ4n) is 3.63. The molecule has 0 saturated heterocycles. The minimum Gasteiger partial charge on any atom is -0.369 e. The third kappa shape index (κ3) is 4.10. The first-order valence-electron chi connectivity index (χ1n) is 9.53. The number of primary amides is 1. The minimum atomic E-state index is -1.27. The van der Waals surface area contributed by atoms with Gasteiger partial charge in [-0.05, 0) is 37.0 Å². The third-order valence-corrected chi connectivity index (χ3v) is 5.42. The van der Waals surface area contributed by atoms with Crippen molar-refractivity contribution in [1.82, 2.24) is 20.4 Å². The van der Waals surface area contributed by atoms with Crippen LogP contribution in [0.15, 0.2) is 42.2 Å². The Labute approximate surface area is 173 Å². The van der Waals surface area contributed by atoms with Crippen molar-refractivity contribution in [1.29, 1.82) is 0 Å². The Morgan fingerprint density at radius 3 is 2.80 bits per heavy atom. The second-order valence-electron chi connectivity index (χ2n) is 7.47. The lowest BCUT2D eigenvalue weighted by atomic mass is 9.76. The Bertz CT molecular complexity index is 1000. The standard InChI is InChI=1S/C21H24FN5O3/c1-13-4-3-5-15(17(13)22)11-27-12-21(20(23)30,7-6-14-9-25-26-10-14)8-16(19(27)29)18(28)24-2/h3-5,8-10H,6-7,11-12H2,1-2H3,(H2,23,30)(H,24,28)(H,25,26). The number of nitrogens with one attached hydrogen (secondary N) is 2. The van der Waals surface area contributed by atoms with E-state index in [0.29, 0.717) is 17.5 Å². The quantitative estimate of drug-likeness (QED) is 0.586. The van der Waals surface area contributed by atoms with Crippen molar-refractivity contribution in [3.05, 3.63) is 64.7 Å². The number of hydrogen-bond acceptors (Lipinski definition) is 4. The van der Waals surface area contributed by atoms with Crippen molar-refractivity contribution in [2.75, 3.05) is 13.6 Å². The van der Waals surface area contributed by atoms with Crippen LogP contribution in [0.4, 0.5) is 4.39 Å². The van der Waals surface area contributed by atoms with Crippen LogP contribution in [0.2, 0.25) is 0 Å². The summed E-state index contributed by atoms with van der Waals surface area (Å²) in [5.41, 5.74) is 5.91. The number of carbonyl (C=O) groups is 3. The summed E-state index contributed by atoms with van der Waals surface area (Å²) in [7, 11) is 1.40. The Morgan fingerprint density at radius 2 is 2.17 bits per heavy atom. The molecule has 0 aliphatic carbocycles. The molecule has 30 heavy (non-hydrogen) atoms. The summed E-state index contributed by atoms with van der Waals surface area (Å²) >= 11 is 0. The lowest BCUT2D eigenvalue weighted by Gasteiger charge is -2.38. The van der Waals surface area contributed by atoms with Gasteiger partial charge in [0.15, 0.2) is 0 Å². The van der Waals surface area contributed by atoms with Crippen LogP contribution in [0.25, 0.3) is 0 Å². The van der Waals surface area contributed by atoms with Crippen molar-refractivity contribution in [3.63, 3.8) is 0 Å². The van der Waals surface area contributed by atoms with Gasteiger partial charge in [0.05, 0.1) is 11.6 Å². The maximum absolute atomic E-state index is 14.6. The molecular weight excluding hydrogens is 389 g/mol. The summed E-state index contributed by atoms with van der Waals surface area (Å²) in [6.07, 6.45) is 5.41. The zero-order valence-electron chi connectivity index (χ0n) is 16.9. The highest BCUT2D eigenvalue weighted by Gasteiger charge is 2.44. The van der Waals surface area contributed by atoms with E-state index in [1.54, 1.807) is 37.5 Å². The topological polar surface area (TPSA) is 121 Å². The molecular formula is C21H24FN5O3.